The number of rotatable bonds is 4. The minimum absolute atomic E-state index is 0.0273. The molecule has 1 N–H and O–H groups in total. The molecule has 0 fully saturated rings. The highest BCUT2D eigenvalue weighted by atomic mass is 16.5. The minimum atomic E-state index is -0.0955. The summed E-state index contributed by atoms with van der Waals surface area (Å²) in [5.74, 6) is 1.41. The second-order valence-corrected chi connectivity index (χ2v) is 7.40. The molecule has 3 rings (SSSR count). The van der Waals surface area contributed by atoms with Crippen molar-refractivity contribution in [1.29, 1.82) is 0 Å². The van der Waals surface area contributed by atoms with E-state index in [4.69, 9.17) is 4.52 Å². The van der Waals surface area contributed by atoms with Gasteiger partial charge in [-0.25, -0.2) is 0 Å². The smallest absolute Gasteiger partial charge is 0.243 e. The molecule has 1 aliphatic rings. The summed E-state index contributed by atoms with van der Waals surface area (Å²) in [6, 6.07) is 0.332. The third-order valence-corrected chi connectivity index (χ3v) is 4.50. The number of aromatic nitrogens is 4. The summed E-state index contributed by atoms with van der Waals surface area (Å²) < 4.78 is 7.57. The van der Waals surface area contributed by atoms with E-state index in [0.29, 0.717) is 11.9 Å². The molecule has 0 aliphatic heterocycles. The number of fused-ring (bicyclic) bond motifs is 1. The van der Waals surface area contributed by atoms with Gasteiger partial charge in [0.2, 0.25) is 5.89 Å². The normalized spacial score (nSPS) is 19.6. The molecule has 0 radical (unpaired) electrons. The van der Waals surface area contributed by atoms with E-state index < -0.39 is 0 Å². The Morgan fingerprint density at radius 3 is 2.87 bits per heavy atom. The Morgan fingerprint density at radius 1 is 1.43 bits per heavy atom. The summed E-state index contributed by atoms with van der Waals surface area (Å²) in [5, 5.41) is 12.3. The lowest BCUT2D eigenvalue weighted by Gasteiger charge is -2.26. The average molecular weight is 317 g/mol. The minimum Gasteiger partial charge on any atom is -0.338 e. The first-order valence-corrected chi connectivity index (χ1v) is 8.55. The molecule has 6 heteroatoms. The molecule has 0 saturated heterocycles. The fraction of sp³-hybridized carbons (Fsp3) is 0.706. The Labute approximate surface area is 137 Å². The van der Waals surface area contributed by atoms with E-state index in [-0.39, 0.29) is 11.5 Å². The molecule has 23 heavy (non-hydrogen) atoms. The largest absolute Gasteiger partial charge is 0.338 e. The van der Waals surface area contributed by atoms with Gasteiger partial charge in [0, 0.05) is 29.3 Å². The highest BCUT2D eigenvalue weighted by Gasteiger charge is 2.28. The van der Waals surface area contributed by atoms with Gasteiger partial charge < -0.3 is 4.52 Å². The molecule has 2 heterocycles. The number of aryl methyl sites for hydroxylation is 1. The van der Waals surface area contributed by atoms with E-state index in [1.54, 1.807) is 0 Å². The molecule has 0 unspecified atom stereocenters. The molecule has 0 saturated carbocycles. The fourth-order valence-electron chi connectivity index (χ4n) is 3.15. The van der Waals surface area contributed by atoms with Gasteiger partial charge >= 0.3 is 0 Å². The molecule has 0 bridgehead atoms. The van der Waals surface area contributed by atoms with Crippen molar-refractivity contribution in [3.8, 4) is 0 Å². The van der Waals surface area contributed by atoms with Crippen LogP contribution in [0.4, 0.5) is 0 Å². The summed E-state index contributed by atoms with van der Waals surface area (Å²) in [6.07, 6.45) is 5.43. The van der Waals surface area contributed by atoms with Crippen molar-refractivity contribution >= 4 is 0 Å². The lowest BCUT2D eigenvalue weighted by Crippen LogP contribution is -2.28. The summed E-state index contributed by atoms with van der Waals surface area (Å²) in [6.45, 7) is 11.4. The average Bonchev–Trinajstić information content (AvgIpc) is 3.14. The van der Waals surface area contributed by atoms with Gasteiger partial charge in [-0.1, -0.05) is 25.9 Å². The Kier molecular flexibility index (Phi) is 4.27. The van der Waals surface area contributed by atoms with Gasteiger partial charge in [-0.05, 0) is 33.1 Å². The monoisotopic (exact) mass is 317 g/mol. The Balaban J connectivity index is 1.75. The van der Waals surface area contributed by atoms with Crippen molar-refractivity contribution in [1.82, 2.24) is 25.2 Å². The highest BCUT2D eigenvalue weighted by molar-refractivity contribution is 5.25. The van der Waals surface area contributed by atoms with Gasteiger partial charge in [0.1, 0.15) is 0 Å². The van der Waals surface area contributed by atoms with Crippen molar-refractivity contribution in [2.75, 3.05) is 0 Å². The van der Waals surface area contributed by atoms with Gasteiger partial charge in [-0.2, -0.15) is 10.1 Å². The zero-order valence-corrected chi connectivity index (χ0v) is 14.8. The van der Waals surface area contributed by atoms with E-state index >= 15 is 0 Å². The third kappa shape index (κ3) is 3.17. The van der Waals surface area contributed by atoms with Crippen LogP contribution in [0.3, 0.4) is 0 Å². The quantitative estimate of drug-likeness (QED) is 0.937. The maximum Gasteiger partial charge on any atom is 0.243 e. The predicted octanol–water partition coefficient (Wildman–Crippen LogP) is 3.31. The van der Waals surface area contributed by atoms with Crippen molar-refractivity contribution < 1.29 is 4.52 Å². The first-order chi connectivity index (χ1) is 10.9. The van der Waals surface area contributed by atoms with Crippen LogP contribution in [-0.4, -0.2) is 19.9 Å². The highest BCUT2D eigenvalue weighted by Crippen LogP contribution is 2.31. The van der Waals surface area contributed by atoms with E-state index in [1.165, 1.54) is 17.7 Å². The Morgan fingerprint density at radius 2 is 2.22 bits per heavy atom. The molecule has 6 nitrogen and oxygen atoms in total. The topological polar surface area (TPSA) is 68.8 Å². The second-order valence-electron chi connectivity index (χ2n) is 7.40. The molecule has 1 aliphatic carbocycles. The zero-order valence-electron chi connectivity index (χ0n) is 14.8. The number of nitrogens with zero attached hydrogens (tertiary/aromatic N) is 4. The van der Waals surface area contributed by atoms with Crippen LogP contribution >= 0.6 is 0 Å². The molecular weight excluding hydrogens is 290 g/mol. The van der Waals surface area contributed by atoms with Crippen LogP contribution in [0, 0.1) is 0 Å². The van der Waals surface area contributed by atoms with Crippen LogP contribution < -0.4 is 5.32 Å². The van der Waals surface area contributed by atoms with Crippen LogP contribution in [0.2, 0.25) is 0 Å². The summed E-state index contributed by atoms with van der Waals surface area (Å²) in [7, 11) is 0. The third-order valence-electron chi connectivity index (χ3n) is 4.50. The van der Waals surface area contributed by atoms with Crippen LogP contribution in [0.5, 0.6) is 0 Å². The number of hydrogen-bond donors (Lipinski definition) is 1. The van der Waals surface area contributed by atoms with Gasteiger partial charge in [0.05, 0.1) is 12.2 Å². The zero-order chi connectivity index (χ0) is 16.6. The van der Waals surface area contributed by atoms with Crippen molar-refractivity contribution in [3.63, 3.8) is 0 Å². The number of hydrogen-bond acceptors (Lipinski definition) is 5. The van der Waals surface area contributed by atoms with Crippen LogP contribution in [0.25, 0.3) is 0 Å². The number of nitrogens with one attached hydrogen (secondary N) is 1. The van der Waals surface area contributed by atoms with Crippen molar-refractivity contribution in [2.45, 2.75) is 77.9 Å². The Hall–Kier alpha value is -1.69. The standard InChI is InChI=1S/C17H27N5O/c1-6-22-14-9-7-8-13(12(14)10-18-22)19-11(2)15-20-16(21-23-15)17(3,4)5/h10-11,13,19H,6-9H2,1-5H3/t11-,13-/m0/s1. The molecule has 0 amide bonds. The van der Waals surface area contributed by atoms with E-state index in [1.807, 2.05) is 6.20 Å². The first kappa shape index (κ1) is 16.2. The molecule has 2 aromatic rings. The Bertz CT molecular complexity index is 667. The molecule has 0 spiro atoms. The molecule has 2 atom stereocenters. The lowest BCUT2D eigenvalue weighted by molar-refractivity contribution is 0.309. The van der Waals surface area contributed by atoms with Gasteiger partial charge in [-0.15, -0.1) is 0 Å². The summed E-state index contributed by atoms with van der Waals surface area (Å²) >= 11 is 0. The van der Waals surface area contributed by atoms with E-state index in [9.17, 15) is 0 Å². The lowest BCUT2D eigenvalue weighted by atomic mass is 9.92. The van der Waals surface area contributed by atoms with Crippen LogP contribution in [-0.2, 0) is 18.4 Å². The van der Waals surface area contributed by atoms with E-state index in [0.717, 1.165) is 25.2 Å². The summed E-state index contributed by atoms with van der Waals surface area (Å²) in [5.41, 5.74) is 2.59. The SMILES string of the molecule is CCn1ncc2c1CCC[C@@H]2N[C@@H](C)c1nc(C(C)(C)C)no1. The van der Waals surface area contributed by atoms with Crippen LogP contribution in [0.1, 0.15) is 82.5 Å². The van der Waals surface area contributed by atoms with Gasteiger partial charge in [0.15, 0.2) is 5.82 Å². The van der Waals surface area contributed by atoms with E-state index in [2.05, 4.69) is 59.9 Å². The van der Waals surface area contributed by atoms with Crippen molar-refractivity contribution in [3.05, 3.63) is 29.2 Å². The molecule has 0 aromatic carbocycles. The predicted molar refractivity (Wildman–Crippen MR) is 88.1 cm³/mol. The van der Waals surface area contributed by atoms with Gasteiger partial charge in [0.25, 0.3) is 0 Å². The maximum atomic E-state index is 5.46. The second kappa shape index (κ2) is 6.07. The first-order valence-electron chi connectivity index (χ1n) is 8.55. The van der Waals surface area contributed by atoms with Crippen LogP contribution in [0.15, 0.2) is 10.7 Å². The van der Waals surface area contributed by atoms with Crippen molar-refractivity contribution in [2.24, 2.45) is 0 Å². The summed E-state index contributed by atoms with van der Waals surface area (Å²) in [4.78, 5) is 4.56. The molecule has 126 valence electrons. The fourth-order valence-corrected chi connectivity index (χ4v) is 3.15. The van der Waals surface area contributed by atoms with Gasteiger partial charge in [-0.3, -0.25) is 10.00 Å². The molecular formula is C17H27N5O. The maximum absolute atomic E-state index is 5.46. The molecule has 2 aromatic heterocycles.